The lowest BCUT2D eigenvalue weighted by Crippen LogP contribution is -2.04. The summed E-state index contributed by atoms with van der Waals surface area (Å²) in [6, 6.07) is 18.4. The predicted molar refractivity (Wildman–Crippen MR) is 108 cm³/mol. The van der Waals surface area contributed by atoms with Gasteiger partial charge in [0.15, 0.2) is 16.8 Å². The van der Waals surface area contributed by atoms with E-state index in [1.165, 1.54) is 5.56 Å². The minimum absolute atomic E-state index is 0.675. The Morgan fingerprint density at radius 1 is 0.923 bits per heavy atom. The van der Waals surface area contributed by atoms with Gasteiger partial charge < -0.3 is 5.32 Å². The highest BCUT2D eigenvalue weighted by Gasteiger charge is 2.19. The zero-order valence-corrected chi connectivity index (χ0v) is 15.7. The monoisotopic (exact) mass is 361 g/mol. The lowest BCUT2D eigenvalue weighted by atomic mass is 10.1. The quantitative estimate of drug-likeness (QED) is 0.541. The standard InChI is InChI=1S/C20H19N5S/c1-13-9-11-15(12-10-13)18-23-19(21-2)17-16(14-7-5-4-6-8-14)22-20(26-3)25(17)24-18/h4-12H,1-3H3,(H,21,23,24). The first-order valence-electron chi connectivity index (χ1n) is 8.36. The van der Waals surface area contributed by atoms with E-state index in [1.54, 1.807) is 11.8 Å². The maximum absolute atomic E-state index is 4.82. The largest absolute Gasteiger partial charge is 0.371 e. The second kappa shape index (κ2) is 6.80. The van der Waals surface area contributed by atoms with E-state index >= 15 is 0 Å². The molecule has 0 bridgehead atoms. The van der Waals surface area contributed by atoms with E-state index in [2.05, 4.69) is 36.5 Å². The summed E-state index contributed by atoms with van der Waals surface area (Å²) in [5, 5.41) is 8.84. The number of fused-ring (bicyclic) bond motifs is 1. The van der Waals surface area contributed by atoms with Crippen LogP contribution in [0.5, 0.6) is 0 Å². The zero-order chi connectivity index (χ0) is 18.1. The predicted octanol–water partition coefficient (Wildman–Crippen LogP) is 4.53. The van der Waals surface area contributed by atoms with Crippen molar-refractivity contribution in [3.05, 3.63) is 60.2 Å². The molecule has 4 aromatic rings. The fourth-order valence-electron chi connectivity index (χ4n) is 2.90. The van der Waals surface area contributed by atoms with Crippen molar-refractivity contribution in [2.24, 2.45) is 0 Å². The van der Waals surface area contributed by atoms with Crippen molar-refractivity contribution in [1.82, 2.24) is 19.6 Å². The lowest BCUT2D eigenvalue weighted by Gasteiger charge is -2.08. The van der Waals surface area contributed by atoms with Crippen LogP contribution in [0.1, 0.15) is 5.56 Å². The van der Waals surface area contributed by atoms with Gasteiger partial charge in [-0.25, -0.2) is 14.5 Å². The molecule has 130 valence electrons. The van der Waals surface area contributed by atoms with Gasteiger partial charge in [-0.3, -0.25) is 0 Å². The Labute approximate surface area is 156 Å². The normalized spacial score (nSPS) is 11.0. The molecule has 0 saturated carbocycles. The van der Waals surface area contributed by atoms with Gasteiger partial charge in [0.1, 0.15) is 11.2 Å². The summed E-state index contributed by atoms with van der Waals surface area (Å²) >= 11 is 1.57. The molecule has 0 aliphatic heterocycles. The second-order valence-corrected chi connectivity index (χ2v) is 6.75. The smallest absolute Gasteiger partial charge is 0.189 e. The van der Waals surface area contributed by atoms with Gasteiger partial charge in [-0.05, 0) is 13.2 Å². The van der Waals surface area contributed by atoms with Crippen molar-refractivity contribution in [2.75, 3.05) is 18.6 Å². The van der Waals surface area contributed by atoms with Gasteiger partial charge in [0.05, 0.1) is 0 Å². The molecular weight excluding hydrogens is 342 g/mol. The van der Waals surface area contributed by atoms with Crippen molar-refractivity contribution in [3.63, 3.8) is 0 Å². The maximum atomic E-state index is 4.82. The molecule has 0 fully saturated rings. The molecule has 0 aliphatic carbocycles. The van der Waals surface area contributed by atoms with Crippen molar-refractivity contribution in [2.45, 2.75) is 12.1 Å². The third-order valence-corrected chi connectivity index (χ3v) is 4.87. The van der Waals surface area contributed by atoms with Crippen LogP contribution < -0.4 is 5.32 Å². The van der Waals surface area contributed by atoms with Crippen LogP contribution in [-0.2, 0) is 0 Å². The Morgan fingerprint density at radius 2 is 1.65 bits per heavy atom. The number of hydrogen-bond acceptors (Lipinski definition) is 5. The molecular formula is C20H19N5S. The molecule has 2 heterocycles. The zero-order valence-electron chi connectivity index (χ0n) is 14.9. The van der Waals surface area contributed by atoms with Gasteiger partial charge >= 0.3 is 0 Å². The lowest BCUT2D eigenvalue weighted by molar-refractivity contribution is 0.806. The Kier molecular flexibility index (Phi) is 4.34. The number of rotatable bonds is 4. The Bertz CT molecular complexity index is 1060. The topological polar surface area (TPSA) is 55.1 Å². The number of aryl methyl sites for hydroxylation is 1. The van der Waals surface area contributed by atoms with Crippen LogP contribution in [0.2, 0.25) is 0 Å². The van der Waals surface area contributed by atoms with Crippen LogP contribution >= 0.6 is 11.8 Å². The van der Waals surface area contributed by atoms with Crippen molar-refractivity contribution < 1.29 is 0 Å². The summed E-state index contributed by atoms with van der Waals surface area (Å²) < 4.78 is 1.89. The van der Waals surface area contributed by atoms with E-state index in [9.17, 15) is 0 Å². The SMILES string of the molecule is CNc1nc(-c2ccc(C)cc2)nn2c(SC)nc(-c3ccccc3)c12. The van der Waals surface area contributed by atoms with Gasteiger partial charge in [0, 0.05) is 18.2 Å². The molecule has 0 aliphatic rings. The molecule has 0 amide bonds. The first-order chi connectivity index (χ1) is 12.7. The summed E-state index contributed by atoms with van der Waals surface area (Å²) in [5.41, 5.74) is 5.01. The third kappa shape index (κ3) is 2.82. The highest BCUT2D eigenvalue weighted by atomic mass is 32.2. The van der Waals surface area contributed by atoms with E-state index in [4.69, 9.17) is 15.1 Å². The van der Waals surface area contributed by atoms with Gasteiger partial charge in [0.2, 0.25) is 0 Å². The molecule has 0 radical (unpaired) electrons. The summed E-state index contributed by atoms with van der Waals surface area (Å²) in [6.07, 6.45) is 2.01. The van der Waals surface area contributed by atoms with Gasteiger partial charge in [-0.2, -0.15) is 0 Å². The Balaban J connectivity index is 1.99. The second-order valence-electron chi connectivity index (χ2n) is 5.97. The number of aromatic nitrogens is 4. The van der Waals surface area contributed by atoms with Crippen LogP contribution in [0.4, 0.5) is 5.82 Å². The van der Waals surface area contributed by atoms with E-state index in [0.29, 0.717) is 5.82 Å². The van der Waals surface area contributed by atoms with Crippen molar-refractivity contribution in [3.8, 4) is 22.6 Å². The molecule has 26 heavy (non-hydrogen) atoms. The van der Waals surface area contributed by atoms with Crippen LogP contribution in [0, 0.1) is 6.92 Å². The molecule has 2 aromatic carbocycles. The number of nitrogens with one attached hydrogen (secondary N) is 1. The molecule has 5 nitrogen and oxygen atoms in total. The first kappa shape index (κ1) is 16.6. The third-order valence-electron chi connectivity index (χ3n) is 4.24. The summed E-state index contributed by atoms with van der Waals surface area (Å²) in [6.45, 7) is 2.07. The molecule has 0 unspecified atom stereocenters. The fraction of sp³-hybridized carbons (Fsp3) is 0.150. The van der Waals surface area contributed by atoms with Crippen LogP contribution in [0.25, 0.3) is 28.2 Å². The molecule has 6 heteroatoms. The molecule has 0 atom stereocenters. The van der Waals surface area contributed by atoms with Crippen molar-refractivity contribution in [1.29, 1.82) is 0 Å². The number of benzene rings is 2. The number of thioether (sulfide) groups is 1. The number of hydrogen-bond donors (Lipinski definition) is 1. The van der Waals surface area contributed by atoms with Crippen LogP contribution in [-0.4, -0.2) is 32.9 Å². The maximum Gasteiger partial charge on any atom is 0.189 e. The average molecular weight is 361 g/mol. The number of imidazole rings is 1. The highest BCUT2D eigenvalue weighted by molar-refractivity contribution is 7.98. The van der Waals surface area contributed by atoms with Gasteiger partial charge in [-0.1, -0.05) is 71.9 Å². The molecule has 4 rings (SSSR count). The van der Waals surface area contributed by atoms with Gasteiger partial charge in [0.25, 0.3) is 0 Å². The van der Waals surface area contributed by atoms with Crippen molar-refractivity contribution >= 4 is 23.1 Å². The highest BCUT2D eigenvalue weighted by Crippen LogP contribution is 2.32. The number of anilines is 1. The number of nitrogens with zero attached hydrogens (tertiary/aromatic N) is 4. The minimum Gasteiger partial charge on any atom is -0.371 e. The molecule has 0 spiro atoms. The molecule has 1 N–H and O–H groups in total. The average Bonchev–Trinajstić information content (AvgIpc) is 3.07. The summed E-state index contributed by atoms with van der Waals surface area (Å²) in [4.78, 5) is 9.58. The molecule has 2 aromatic heterocycles. The molecule has 0 saturated heterocycles. The van der Waals surface area contributed by atoms with E-state index in [-0.39, 0.29) is 0 Å². The summed E-state index contributed by atoms with van der Waals surface area (Å²) in [7, 11) is 1.88. The van der Waals surface area contributed by atoms with E-state index < -0.39 is 0 Å². The van der Waals surface area contributed by atoms with Gasteiger partial charge in [-0.15, -0.1) is 5.10 Å². The van der Waals surface area contributed by atoms with E-state index in [1.807, 2.05) is 48.2 Å². The first-order valence-corrected chi connectivity index (χ1v) is 9.58. The van der Waals surface area contributed by atoms with Crippen LogP contribution in [0.15, 0.2) is 59.8 Å². The summed E-state index contributed by atoms with van der Waals surface area (Å²) in [5.74, 6) is 1.44. The fourth-order valence-corrected chi connectivity index (χ4v) is 3.39. The minimum atomic E-state index is 0.675. The Hall–Kier alpha value is -2.86. The Morgan fingerprint density at radius 3 is 2.31 bits per heavy atom. The van der Waals surface area contributed by atoms with Crippen LogP contribution in [0.3, 0.4) is 0 Å². The van der Waals surface area contributed by atoms with E-state index in [0.717, 1.165) is 33.3 Å².